The van der Waals surface area contributed by atoms with Gasteiger partial charge < -0.3 is 5.11 Å². The van der Waals surface area contributed by atoms with E-state index in [9.17, 15) is 8.42 Å². The standard InChI is InChI=1S/C10H17N3O3S/c1-7(8-3-4-8)13(2)17(15,16)10-9(6-14)5-11-12-10/h5,7-8,14H,3-4,6H2,1-2H3,(H,11,12). The molecule has 1 aromatic heterocycles. The second-order valence-electron chi connectivity index (χ2n) is 4.48. The summed E-state index contributed by atoms with van der Waals surface area (Å²) in [6.07, 6.45) is 3.50. The maximum absolute atomic E-state index is 12.3. The van der Waals surface area contributed by atoms with Crippen LogP contribution in [0.4, 0.5) is 0 Å². The fraction of sp³-hybridized carbons (Fsp3) is 0.700. The van der Waals surface area contributed by atoms with E-state index in [0.717, 1.165) is 12.8 Å². The van der Waals surface area contributed by atoms with Gasteiger partial charge in [0.05, 0.1) is 12.8 Å². The molecule has 1 fully saturated rings. The van der Waals surface area contributed by atoms with E-state index in [1.807, 2.05) is 6.92 Å². The van der Waals surface area contributed by atoms with Gasteiger partial charge in [-0.2, -0.15) is 9.40 Å². The predicted octanol–water partition coefficient (Wildman–Crippen LogP) is 0.321. The molecular weight excluding hydrogens is 242 g/mol. The van der Waals surface area contributed by atoms with E-state index in [-0.39, 0.29) is 17.7 Å². The molecule has 96 valence electrons. The van der Waals surface area contributed by atoms with Gasteiger partial charge in [-0.15, -0.1) is 0 Å². The second kappa shape index (κ2) is 4.40. The Labute approximate surface area is 101 Å². The minimum Gasteiger partial charge on any atom is -0.392 e. The molecule has 2 N–H and O–H groups in total. The molecule has 6 nitrogen and oxygen atoms in total. The third-order valence-electron chi connectivity index (χ3n) is 3.36. The quantitative estimate of drug-likeness (QED) is 0.797. The van der Waals surface area contributed by atoms with Crippen LogP contribution < -0.4 is 0 Å². The fourth-order valence-electron chi connectivity index (χ4n) is 1.87. The van der Waals surface area contributed by atoms with Crippen molar-refractivity contribution in [1.29, 1.82) is 0 Å². The summed E-state index contributed by atoms with van der Waals surface area (Å²) in [5.41, 5.74) is 0.305. The van der Waals surface area contributed by atoms with Gasteiger partial charge in [0.2, 0.25) is 0 Å². The number of aromatic nitrogens is 2. The molecule has 1 saturated carbocycles. The molecule has 0 aliphatic heterocycles. The van der Waals surface area contributed by atoms with Gasteiger partial charge in [-0.05, 0) is 25.7 Å². The fourth-order valence-corrected chi connectivity index (χ4v) is 3.39. The largest absolute Gasteiger partial charge is 0.392 e. The lowest BCUT2D eigenvalue weighted by atomic mass is 10.2. The van der Waals surface area contributed by atoms with Crippen LogP contribution in [-0.2, 0) is 16.6 Å². The van der Waals surface area contributed by atoms with E-state index >= 15 is 0 Å². The van der Waals surface area contributed by atoms with Crippen molar-refractivity contribution in [1.82, 2.24) is 14.5 Å². The van der Waals surface area contributed by atoms with Crippen LogP contribution in [0.25, 0.3) is 0 Å². The Balaban J connectivity index is 2.29. The Morgan fingerprint density at radius 2 is 2.29 bits per heavy atom. The van der Waals surface area contributed by atoms with E-state index in [1.165, 1.54) is 10.5 Å². The van der Waals surface area contributed by atoms with E-state index in [4.69, 9.17) is 5.11 Å². The van der Waals surface area contributed by atoms with Crippen molar-refractivity contribution in [2.75, 3.05) is 7.05 Å². The highest BCUT2D eigenvalue weighted by molar-refractivity contribution is 7.89. The van der Waals surface area contributed by atoms with Crippen molar-refractivity contribution in [3.63, 3.8) is 0 Å². The number of rotatable bonds is 5. The molecule has 0 spiro atoms. The second-order valence-corrected chi connectivity index (χ2v) is 6.42. The number of H-pyrrole nitrogens is 1. The van der Waals surface area contributed by atoms with Crippen LogP contribution in [-0.4, -0.2) is 41.1 Å². The molecule has 1 aromatic rings. The minimum atomic E-state index is -3.59. The van der Waals surface area contributed by atoms with E-state index in [0.29, 0.717) is 11.5 Å². The SMILES string of the molecule is CC(C1CC1)N(C)S(=O)(=O)c1[nH]ncc1CO. The Morgan fingerprint density at radius 1 is 1.65 bits per heavy atom. The first-order valence-electron chi connectivity index (χ1n) is 5.59. The highest BCUT2D eigenvalue weighted by Gasteiger charge is 2.37. The van der Waals surface area contributed by atoms with E-state index < -0.39 is 10.0 Å². The Morgan fingerprint density at radius 3 is 2.82 bits per heavy atom. The molecule has 0 amide bonds. The lowest BCUT2D eigenvalue weighted by Gasteiger charge is -2.23. The van der Waals surface area contributed by atoms with Crippen LogP contribution in [0.3, 0.4) is 0 Å². The summed E-state index contributed by atoms with van der Waals surface area (Å²) in [6, 6.07) is -0.0187. The number of nitrogens with one attached hydrogen (secondary N) is 1. The van der Waals surface area contributed by atoms with Crippen molar-refractivity contribution in [3.05, 3.63) is 11.8 Å². The van der Waals surface area contributed by atoms with Crippen LogP contribution in [0.5, 0.6) is 0 Å². The van der Waals surface area contributed by atoms with E-state index in [1.54, 1.807) is 7.05 Å². The molecule has 1 aliphatic rings. The zero-order valence-corrected chi connectivity index (χ0v) is 10.7. The number of aromatic amines is 1. The van der Waals surface area contributed by atoms with Crippen LogP contribution in [0.1, 0.15) is 25.3 Å². The molecule has 17 heavy (non-hydrogen) atoms. The third kappa shape index (κ3) is 2.22. The van der Waals surface area contributed by atoms with Gasteiger partial charge in [-0.25, -0.2) is 8.42 Å². The summed E-state index contributed by atoms with van der Waals surface area (Å²) < 4.78 is 25.9. The number of hydrogen-bond donors (Lipinski definition) is 2. The normalized spacial score (nSPS) is 18.6. The zero-order chi connectivity index (χ0) is 12.6. The molecule has 1 atom stereocenters. The number of sulfonamides is 1. The first-order chi connectivity index (χ1) is 7.98. The van der Waals surface area contributed by atoms with Crippen molar-refractivity contribution < 1.29 is 13.5 Å². The third-order valence-corrected chi connectivity index (χ3v) is 5.32. The molecule has 2 rings (SSSR count). The zero-order valence-electron chi connectivity index (χ0n) is 9.92. The smallest absolute Gasteiger partial charge is 0.260 e. The molecule has 1 aliphatic carbocycles. The number of nitrogens with zero attached hydrogens (tertiary/aromatic N) is 2. The number of aliphatic hydroxyl groups excluding tert-OH is 1. The Kier molecular flexibility index (Phi) is 3.24. The highest BCUT2D eigenvalue weighted by atomic mass is 32.2. The van der Waals surface area contributed by atoms with E-state index in [2.05, 4.69) is 10.2 Å². The molecule has 0 radical (unpaired) electrons. The summed E-state index contributed by atoms with van der Waals surface area (Å²) in [5, 5.41) is 15.2. The lowest BCUT2D eigenvalue weighted by molar-refractivity contribution is 0.277. The summed E-state index contributed by atoms with van der Waals surface area (Å²) in [6.45, 7) is 1.57. The van der Waals surface area contributed by atoms with Gasteiger partial charge in [-0.3, -0.25) is 5.10 Å². The monoisotopic (exact) mass is 259 g/mol. The Hall–Kier alpha value is -0.920. The van der Waals surface area contributed by atoms with Gasteiger partial charge in [-0.1, -0.05) is 0 Å². The topological polar surface area (TPSA) is 86.3 Å². The highest BCUT2D eigenvalue weighted by Crippen LogP contribution is 2.36. The molecule has 1 unspecified atom stereocenters. The van der Waals surface area contributed by atoms with Crippen molar-refractivity contribution in [3.8, 4) is 0 Å². The van der Waals surface area contributed by atoms with Gasteiger partial charge in [0.1, 0.15) is 0 Å². The van der Waals surface area contributed by atoms with Crippen LogP contribution in [0, 0.1) is 5.92 Å². The van der Waals surface area contributed by atoms with Crippen molar-refractivity contribution in [2.45, 2.75) is 37.4 Å². The lowest BCUT2D eigenvalue weighted by Crippen LogP contribution is -2.37. The maximum Gasteiger partial charge on any atom is 0.260 e. The molecule has 7 heteroatoms. The summed E-state index contributed by atoms with van der Waals surface area (Å²) in [7, 11) is -2.02. The summed E-state index contributed by atoms with van der Waals surface area (Å²) in [4.78, 5) is 0. The minimum absolute atomic E-state index is 0.00463. The first kappa shape index (κ1) is 12.5. The molecule has 0 aromatic carbocycles. The first-order valence-corrected chi connectivity index (χ1v) is 7.03. The molecule has 0 saturated heterocycles. The van der Waals surface area contributed by atoms with Gasteiger partial charge in [0.25, 0.3) is 10.0 Å². The molecule has 1 heterocycles. The van der Waals surface area contributed by atoms with Gasteiger partial charge in [0, 0.05) is 18.7 Å². The van der Waals surface area contributed by atoms with Crippen molar-refractivity contribution in [2.24, 2.45) is 5.92 Å². The van der Waals surface area contributed by atoms with Crippen LogP contribution in [0.2, 0.25) is 0 Å². The number of hydrogen-bond acceptors (Lipinski definition) is 4. The summed E-state index contributed by atoms with van der Waals surface area (Å²) in [5.74, 6) is 0.454. The van der Waals surface area contributed by atoms with Crippen LogP contribution in [0.15, 0.2) is 11.2 Å². The number of aliphatic hydroxyl groups is 1. The molecule has 0 bridgehead atoms. The Bertz CT molecular complexity index is 493. The summed E-state index contributed by atoms with van der Waals surface area (Å²) >= 11 is 0. The predicted molar refractivity (Wildman–Crippen MR) is 61.6 cm³/mol. The van der Waals surface area contributed by atoms with Crippen LogP contribution >= 0.6 is 0 Å². The maximum atomic E-state index is 12.3. The van der Waals surface area contributed by atoms with Crippen molar-refractivity contribution >= 4 is 10.0 Å². The van der Waals surface area contributed by atoms with Gasteiger partial charge in [0.15, 0.2) is 5.03 Å². The molecular formula is C10H17N3O3S. The average Bonchev–Trinajstić information content (AvgIpc) is 3.03. The van der Waals surface area contributed by atoms with Gasteiger partial charge >= 0.3 is 0 Å². The average molecular weight is 259 g/mol.